The zero-order valence-corrected chi connectivity index (χ0v) is 15.8. The number of aromatic nitrogens is 3. The highest BCUT2D eigenvalue weighted by molar-refractivity contribution is 7.99. The first-order chi connectivity index (χ1) is 13.7. The first kappa shape index (κ1) is 19.6. The van der Waals surface area contributed by atoms with Gasteiger partial charge in [0.2, 0.25) is 11.1 Å². The van der Waals surface area contributed by atoms with E-state index in [2.05, 4.69) is 20.5 Å². The number of halogens is 1. The molecule has 8 heteroatoms. The van der Waals surface area contributed by atoms with Crippen LogP contribution in [0, 0.1) is 5.82 Å². The quantitative estimate of drug-likeness (QED) is 0.427. The fourth-order valence-electron chi connectivity index (χ4n) is 2.20. The average molecular weight is 398 g/mol. The fraction of sp³-hybridized carbons (Fsp3) is 0.150. The van der Waals surface area contributed by atoms with Crippen LogP contribution in [0.2, 0.25) is 0 Å². The molecule has 2 aromatic carbocycles. The van der Waals surface area contributed by atoms with Crippen LogP contribution in [0.25, 0.3) is 12.2 Å². The zero-order chi connectivity index (χ0) is 19.6. The van der Waals surface area contributed by atoms with Crippen LogP contribution in [0.5, 0.6) is 5.75 Å². The van der Waals surface area contributed by atoms with E-state index in [4.69, 9.17) is 4.74 Å². The van der Waals surface area contributed by atoms with Gasteiger partial charge in [-0.1, -0.05) is 48.2 Å². The van der Waals surface area contributed by atoms with Crippen LogP contribution < -0.4 is 10.1 Å². The zero-order valence-electron chi connectivity index (χ0n) is 15.0. The SMILES string of the molecule is O=C(CSc1n[nH]c(/C=C/c2ccc(F)cc2)n1)NCCOc1ccccc1. The van der Waals surface area contributed by atoms with Gasteiger partial charge in [0, 0.05) is 0 Å². The smallest absolute Gasteiger partial charge is 0.230 e. The summed E-state index contributed by atoms with van der Waals surface area (Å²) in [6, 6.07) is 15.6. The summed E-state index contributed by atoms with van der Waals surface area (Å²) in [4.78, 5) is 16.2. The number of carbonyl (C=O) groups is 1. The van der Waals surface area contributed by atoms with Crippen molar-refractivity contribution < 1.29 is 13.9 Å². The molecule has 0 radical (unpaired) electrons. The number of hydrogen-bond acceptors (Lipinski definition) is 5. The maximum atomic E-state index is 12.9. The third-order valence-corrected chi connectivity index (χ3v) is 4.40. The van der Waals surface area contributed by atoms with E-state index in [0.717, 1.165) is 11.3 Å². The van der Waals surface area contributed by atoms with E-state index in [9.17, 15) is 9.18 Å². The molecule has 0 atom stereocenters. The first-order valence-corrected chi connectivity index (χ1v) is 9.61. The predicted octanol–water partition coefficient (Wildman–Crippen LogP) is 3.40. The normalized spacial score (nSPS) is 10.9. The van der Waals surface area contributed by atoms with Gasteiger partial charge in [-0.2, -0.15) is 0 Å². The molecule has 0 unspecified atom stereocenters. The van der Waals surface area contributed by atoms with Gasteiger partial charge in [-0.05, 0) is 35.9 Å². The number of hydrogen-bond donors (Lipinski definition) is 2. The lowest BCUT2D eigenvalue weighted by atomic mass is 10.2. The van der Waals surface area contributed by atoms with E-state index in [-0.39, 0.29) is 17.5 Å². The predicted molar refractivity (Wildman–Crippen MR) is 107 cm³/mol. The number of rotatable bonds is 9. The third kappa shape index (κ3) is 6.55. The second-order valence-corrected chi connectivity index (χ2v) is 6.63. The van der Waals surface area contributed by atoms with Gasteiger partial charge in [0.05, 0.1) is 12.3 Å². The van der Waals surface area contributed by atoms with E-state index in [0.29, 0.717) is 24.1 Å². The Morgan fingerprint density at radius 3 is 2.71 bits per heavy atom. The molecule has 6 nitrogen and oxygen atoms in total. The highest BCUT2D eigenvalue weighted by Crippen LogP contribution is 2.13. The van der Waals surface area contributed by atoms with Crippen LogP contribution in [-0.2, 0) is 4.79 Å². The van der Waals surface area contributed by atoms with Gasteiger partial charge in [-0.25, -0.2) is 9.37 Å². The number of carbonyl (C=O) groups excluding carboxylic acids is 1. The van der Waals surface area contributed by atoms with Crippen molar-refractivity contribution in [2.45, 2.75) is 5.16 Å². The second-order valence-electron chi connectivity index (χ2n) is 5.69. The number of amides is 1. The lowest BCUT2D eigenvalue weighted by Gasteiger charge is -2.06. The Hall–Kier alpha value is -3.13. The van der Waals surface area contributed by atoms with E-state index in [1.165, 1.54) is 23.9 Å². The minimum Gasteiger partial charge on any atom is -0.492 e. The molecule has 144 valence electrons. The molecule has 0 saturated heterocycles. The lowest BCUT2D eigenvalue weighted by Crippen LogP contribution is -2.29. The summed E-state index contributed by atoms with van der Waals surface area (Å²) in [5, 5.41) is 10.1. The monoisotopic (exact) mass is 398 g/mol. The molecule has 0 fully saturated rings. The van der Waals surface area contributed by atoms with Gasteiger partial charge in [0.15, 0.2) is 0 Å². The highest BCUT2D eigenvalue weighted by Gasteiger charge is 2.06. The van der Waals surface area contributed by atoms with Crippen LogP contribution in [0.4, 0.5) is 4.39 Å². The number of nitrogens with zero attached hydrogens (tertiary/aromatic N) is 2. The number of aromatic amines is 1. The molecule has 28 heavy (non-hydrogen) atoms. The summed E-state index contributed by atoms with van der Waals surface area (Å²) in [5.41, 5.74) is 0.851. The Labute approximate surface area is 166 Å². The molecule has 0 aliphatic rings. The maximum absolute atomic E-state index is 12.9. The Morgan fingerprint density at radius 2 is 1.93 bits per heavy atom. The summed E-state index contributed by atoms with van der Waals surface area (Å²) < 4.78 is 18.4. The molecule has 3 rings (SSSR count). The molecule has 0 spiro atoms. The summed E-state index contributed by atoms with van der Waals surface area (Å²) in [6.45, 7) is 0.827. The summed E-state index contributed by atoms with van der Waals surface area (Å²) >= 11 is 1.24. The van der Waals surface area contributed by atoms with Crippen molar-refractivity contribution in [3.8, 4) is 5.75 Å². The van der Waals surface area contributed by atoms with Crippen molar-refractivity contribution in [1.29, 1.82) is 0 Å². The number of ether oxygens (including phenoxy) is 1. The Bertz CT molecular complexity index is 913. The number of benzene rings is 2. The Balaban J connectivity index is 1.36. The van der Waals surface area contributed by atoms with Crippen molar-refractivity contribution in [1.82, 2.24) is 20.5 Å². The minimum atomic E-state index is -0.277. The average Bonchev–Trinajstić information content (AvgIpc) is 3.18. The molecule has 0 aliphatic carbocycles. The van der Waals surface area contributed by atoms with Crippen LogP contribution in [0.1, 0.15) is 11.4 Å². The van der Waals surface area contributed by atoms with Gasteiger partial charge < -0.3 is 10.1 Å². The topological polar surface area (TPSA) is 79.9 Å². The fourth-order valence-corrected chi connectivity index (χ4v) is 2.84. The summed E-state index contributed by atoms with van der Waals surface area (Å²) in [7, 11) is 0. The molecular weight excluding hydrogens is 379 g/mol. The van der Waals surface area contributed by atoms with Gasteiger partial charge in [-0.3, -0.25) is 9.89 Å². The Kier molecular flexibility index (Phi) is 7.20. The lowest BCUT2D eigenvalue weighted by molar-refractivity contribution is -0.118. The van der Waals surface area contributed by atoms with Crippen LogP contribution in [-0.4, -0.2) is 40.0 Å². The van der Waals surface area contributed by atoms with Crippen molar-refractivity contribution in [2.24, 2.45) is 0 Å². The van der Waals surface area contributed by atoms with E-state index in [1.807, 2.05) is 30.3 Å². The summed E-state index contributed by atoms with van der Waals surface area (Å²) in [6.07, 6.45) is 3.54. The standard InChI is InChI=1S/C20H19FN4O2S/c21-16-9-6-15(7-10-16)8-11-18-23-20(25-24-18)28-14-19(26)22-12-13-27-17-4-2-1-3-5-17/h1-11H,12-14H2,(H,22,26)(H,23,24,25)/b11-8+. The van der Waals surface area contributed by atoms with Gasteiger partial charge in [0.1, 0.15) is 24.0 Å². The number of H-pyrrole nitrogens is 1. The second kappa shape index (κ2) is 10.3. The molecule has 0 saturated carbocycles. The van der Waals surface area contributed by atoms with E-state index in [1.54, 1.807) is 24.3 Å². The first-order valence-electron chi connectivity index (χ1n) is 8.62. The van der Waals surface area contributed by atoms with Crippen LogP contribution in [0.15, 0.2) is 59.8 Å². The largest absolute Gasteiger partial charge is 0.492 e. The van der Waals surface area contributed by atoms with Crippen molar-refractivity contribution >= 4 is 29.8 Å². The third-order valence-electron chi connectivity index (χ3n) is 3.55. The number of nitrogens with one attached hydrogen (secondary N) is 2. The van der Waals surface area contributed by atoms with Crippen molar-refractivity contribution in [3.05, 3.63) is 71.8 Å². The van der Waals surface area contributed by atoms with Crippen molar-refractivity contribution in [3.63, 3.8) is 0 Å². The van der Waals surface area contributed by atoms with E-state index < -0.39 is 0 Å². The molecule has 3 aromatic rings. The van der Waals surface area contributed by atoms with E-state index >= 15 is 0 Å². The molecule has 2 N–H and O–H groups in total. The number of para-hydroxylation sites is 1. The number of thioether (sulfide) groups is 1. The molecule has 0 bridgehead atoms. The van der Waals surface area contributed by atoms with Gasteiger partial charge in [-0.15, -0.1) is 5.10 Å². The van der Waals surface area contributed by atoms with Crippen LogP contribution in [0.3, 0.4) is 0 Å². The van der Waals surface area contributed by atoms with Crippen LogP contribution >= 0.6 is 11.8 Å². The Morgan fingerprint density at radius 1 is 1.14 bits per heavy atom. The highest BCUT2D eigenvalue weighted by atomic mass is 32.2. The molecule has 0 aliphatic heterocycles. The van der Waals surface area contributed by atoms with Gasteiger partial charge in [0.25, 0.3) is 0 Å². The minimum absolute atomic E-state index is 0.116. The molecular formula is C20H19FN4O2S. The maximum Gasteiger partial charge on any atom is 0.230 e. The van der Waals surface area contributed by atoms with Crippen molar-refractivity contribution in [2.75, 3.05) is 18.9 Å². The molecule has 1 aromatic heterocycles. The van der Waals surface area contributed by atoms with Gasteiger partial charge >= 0.3 is 0 Å². The molecule has 1 amide bonds. The molecule has 1 heterocycles. The summed E-state index contributed by atoms with van der Waals surface area (Å²) in [5.74, 6) is 1.15.